The first kappa shape index (κ1) is 14.7. The van der Waals surface area contributed by atoms with Crippen molar-refractivity contribution in [2.45, 2.75) is 6.92 Å². The lowest BCUT2D eigenvalue weighted by Gasteiger charge is -2.08. The normalized spacial score (nSPS) is 9.67. The SMILES string of the molecule is CCOC(=O)NCCNC(=O)c1ccccc1I. The Bertz CT molecular complexity index is 424. The van der Waals surface area contributed by atoms with Crippen LogP contribution in [0.5, 0.6) is 0 Å². The highest BCUT2D eigenvalue weighted by atomic mass is 127. The predicted molar refractivity (Wildman–Crippen MR) is 76.5 cm³/mol. The Hall–Kier alpha value is -1.31. The third-order valence-electron chi connectivity index (χ3n) is 2.07. The molecule has 0 heterocycles. The highest BCUT2D eigenvalue weighted by molar-refractivity contribution is 14.1. The second-order valence-electron chi connectivity index (χ2n) is 3.38. The van der Waals surface area contributed by atoms with Crippen molar-refractivity contribution in [3.63, 3.8) is 0 Å². The summed E-state index contributed by atoms with van der Waals surface area (Å²) in [5.41, 5.74) is 0.634. The van der Waals surface area contributed by atoms with Gasteiger partial charge in [-0.2, -0.15) is 0 Å². The zero-order valence-electron chi connectivity index (χ0n) is 10.0. The van der Waals surface area contributed by atoms with Gasteiger partial charge in [-0.1, -0.05) is 12.1 Å². The summed E-state index contributed by atoms with van der Waals surface area (Å²) >= 11 is 2.11. The van der Waals surface area contributed by atoms with Crippen LogP contribution in [0.25, 0.3) is 0 Å². The first-order valence-corrected chi connectivity index (χ1v) is 6.66. The molecule has 0 bridgehead atoms. The first-order valence-electron chi connectivity index (χ1n) is 5.58. The summed E-state index contributed by atoms with van der Waals surface area (Å²) in [4.78, 5) is 22.7. The van der Waals surface area contributed by atoms with Crippen molar-refractivity contribution in [1.29, 1.82) is 0 Å². The van der Waals surface area contributed by atoms with Gasteiger partial charge in [-0.3, -0.25) is 4.79 Å². The molecule has 0 atom stereocenters. The van der Waals surface area contributed by atoms with E-state index in [1.165, 1.54) is 0 Å². The Morgan fingerprint density at radius 1 is 1.22 bits per heavy atom. The van der Waals surface area contributed by atoms with E-state index in [1.54, 1.807) is 13.0 Å². The summed E-state index contributed by atoms with van der Waals surface area (Å²) in [6, 6.07) is 7.32. The van der Waals surface area contributed by atoms with E-state index in [2.05, 4.69) is 38.0 Å². The minimum Gasteiger partial charge on any atom is -0.450 e. The van der Waals surface area contributed by atoms with E-state index in [0.29, 0.717) is 25.3 Å². The highest BCUT2D eigenvalue weighted by Gasteiger charge is 2.08. The van der Waals surface area contributed by atoms with Crippen LogP contribution in [0.4, 0.5) is 4.79 Å². The van der Waals surface area contributed by atoms with Crippen LogP contribution < -0.4 is 10.6 Å². The van der Waals surface area contributed by atoms with Gasteiger partial charge in [0.15, 0.2) is 0 Å². The van der Waals surface area contributed by atoms with Gasteiger partial charge in [-0.05, 0) is 41.6 Å². The van der Waals surface area contributed by atoms with Crippen molar-refractivity contribution in [1.82, 2.24) is 10.6 Å². The zero-order valence-corrected chi connectivity index (χ0v) is 12.2. The van der Waals surface area contributed by atoms with Gasteiger partial charge in [0.2, 0.25) is 0 Å². The molecule has 2 N–H and O–H groups in total. The van der Waals surface area contributed by atoms with Crippen LogP contribution in [0, 0.1) is 3.57 Å². The summed E-state index contributed by atoms with van der Waals surface area (Å²) in [6.07, 6.45) is -0.471. The van der Waals surface area contributed by atoms with Gasteiger partial charge in [0.05, 0.1) is 12.2 Å². The summed E-state index contributed by atoms with van der Waals surface area (Å²) < 4.78 is 5.58. The molecule has 0 saturated heterocycles. The van der Waals surface area contributed by atoms with Crippen LogP contribution >= 0.6 is 22.6 Å². The summed E-state index contributed by atoms with van der Waals surface area (Å²) in [5.74, 6) is -0.148. The first-order chi connectivity index (χ1) is 8.65. The molecule has 18 heavy (non-hydrogen) atoms. The monoisotopic (exact) mass is 362 g/mol. The fourth-order valence-corrected chi connectivity index (χ4v) is 1.90. The summed E-state index contributed by atoms with van der Waals surface area (Å²) in [7, 11) is 0. The Morgan fingerprint density at radius 3 is 2.56 bits per heavy atom. The second-order valence-corrected chi connectivity index (χ2v) is 4.55. The molecule has 0 aromatic heterocycles. The van der Waals surface area contributed by atoms with Gasteiger partial charge >= 0.3 is 6.09 Å². The minimum absolute atomic E-state index is 0.148. The molecule has 1 rings (SSSR count). The van der Waals surface area contributed by atoms with Crippen LogP contribution in [0.15, 0.2) is 24.3 Å². The number of carbonyl (C=O) groups is 2. The third-order valence-corrected chi connectivity index (χ3v) is 3.01. The molecule has 1 aromatic carbocycles. The quantitative estimate of drug-likeness (QED) is 0.620. The Kier molecular flexibility index (Phi) is 6.48. The molecule has 6 heteroatoms. The lowest BCUT2D eigenvalue weighted by Crippen LogP contribution is -2.35. The van der Waals surface area contributed by atoms with Crippen molar-refractivity contribution in [3.05, 3.63) is 33.4 Å². The summed E-state index contributed by atoms with van der Waals surface area (Å²) in [5, 5.41) is 5.25. The van der Waals surface area contributed by atoms with Crippen molar-refractivity contribution in [2.24, 2.45) is 0 Å². The molecule has 0 unspecified atom stereocenters. The molecule has 0 aliphatic rings. The number of carbonyl (C=O) groups excluding carboxylic acids is 2. The molecule has 0 fully saturated rings. The maximum atomic E-state index is 11.8. The number of rotatable bonds is 5. The van der Waals surface area contributed by atoms with Crippen molar-refractivity contribution < 1.29 is 14.3 Å². The van der Waals surface area contributed by atoms with E-state index in [0.717, 1.165) is 3.57 Å². The Labute approximate surface area is 119 Å². The Morgan fingerprint density at radius 2 is 1.89 bits per heavy atom. The van der Waals surface area contributed by atoms with Crippen LogP contribution in [-0.2, 0) is 4.74 Å². The topological polar surface area (TPSA) is 67.4 Å². The number of amides is 2. The van der Waals surface area contributed by atoms with E-state index in [1.807, 2.05) is 18.2 Å². The van der Waals surface area contributed by atoms with E-state index in [4.69, 9.17) is 0 Å². The van der Waals surface area contributed by atoms with Crippen molar-refractivity contribution in [3.8, 4) is 0 Å². The molecular formula is C12H15IN2O3. The maximum Gasteiger partial charge on any atom is 0.407 e. The van der Waals surface area contributed by atoms with E-state index in [-0.39, 0.29) is 5.91 Å². The minimum atomic E-state index is -0.471. The number of hydrogen-bond acceptors (Lipinski definition) is 3. The van der Waals surface area contributed by atoms with E-state index >= 15 is 0 Å². The van der Waals surface area contributed by atoms with Gasteiger partial charge in [-0.25, -0.2) is 4.79 Å². The second kappa shape index (κ2) is 7.91. The van der Waals surface area contributed by atoms with Crippen LogP contribution in [-0.4, -0.2) is 31.7 Å². The largest absolute Gasteiger partial charge is 0.450 e. The lowest BCUT2D eigenvalue weighted by molar-refractivity contribution is 0.0951. The molecule has 0 spiro atoms. The zero-order chi connectivity index (χ0) is 13.4. The fourth-order valence-electron chi connectivity index (χ4n) is 1.26. The molecule has 0 aliphatic carbocycles. The number of benzene rings is 1. The van der Waals surface area contributed by atoms with Crippen LogP contribution in [0.3, 0.4) is 0 Å². The van der Waals surface area contributed by atoms with E-state index in [9.17, 15) is 9.59 Å². The molecule has 0 radical (unpaired) electrons. The molecule has 0 saturated carbocycles. The van der Waals surface area contributed by atoms with Gasteiger partial charge < -0.3 is 15.4 Å². The Balaban J connectivity index is 2.30. The molecular weight excluding hydrogens is 347 g/mol. The van der Waals surface area contributed by atoms with Crippen LogP contribution in [0.1, 0.15) is 17.3 Å². The predicted octanol–water partition coefficient (Wildman–Crippen LogP) is 1.77. The van der Waals surface area contributed by atoms with Crippen molar-refractivity contribution in [2.75, 3.05) is 19.7 Å². The third kappa shape index (κ3) is 4.91. The fraction of sp³-hybridized carbons (Fsp3) is 0.333. The lowest BCUT2D eigenvalue weighted by atomic mass is 10.2. The maximum absolute atomic E-state index is 11.8. The van der Waals surface area contributed by atoms with Gasteiger partial charge in [-0.15, -0.1) is 0 Å². The van der Waals surface area contributed by atoms with Crippen LogP contribution in [0.2, 0.25) is 0 Å². The molecule has 1 aromatic rings. The van der Waals surface area contributed by atoms with Gasteiger partial charge in [0.25, 0.3) is 5.91 Å². The number of halogens is 1. The number of alkyl carbamates (subject to hydrolysis) is 1. The molecule has 2 amide bonds. The van der Waals surface area contributed by atoms with Crippen molar-refractivity contribution >= 4 is 34.6 Å². The average Bonchev–Trinajstić information content (AvgIpc) is 2.35. The van der Waals surface area contributed by atoms with Gasteiger partial charge in [0, 0.05) is 16.7 Å². The number of nitrogens with one attached hydrogen (secondary N) is 2. The van der Waals surface area contributed by atoms with E-state index < -0.39 is 6.09 Å². The molecule has 5 nitrogen and oxygen atoms in total. The smallest absolute Gasteiger partial charge is 0.407 e. The number of ether oxygens (including phenoxy) is 1. The summed E-state index contributed by atoms with van der Waals surface area (Å²) in [6.45, 7) is 2.77. The standard InChI is InChI=1S/C12H15IN2O3/c1-2-18-12(17)15-8-7-14-11(16)9-5-3-4-6-10(9)13/h3-6H,2,7-8H2,1H3,(H,14,16)(H,15,17). The number of hydrogen-bond donors (Lipinski definition) is 2. The van der Waals surface area contributed by atoms with Gasteiger partial charge in [0.1, 0.15) is 0 Å². The molecule has 0 aliphatic heterocycles. The molecule has 98 valence electrons. The average molecular weight is 362 g/mol. The highest BCUT2D eigenvalue weighted by Crippen LogP contribution is 2.10.